The second kappa shape index (κ2) is 10.8. The van der Waals surface area contributed by atoms with Crippen molar-refractivity contribution in [2.24, 2.45) is 0 Å². The lowest BCUT2D eigenvalue weighted by Crippen LogP contribution is -2.22. The molecule has 5 heteroatoms. The molecule has 4 nitrogen and oxygen atoms in total. The summed E-state index contributed by atoms with van der Waals surface area (Å²) in [6, 6.07) is 22.7. The number of thioether (sulfide) groups is 1. The molecule has 0 atom stereocenters. The number of rotatable bonds is 9. The second-order valence-electron chi connectivity index (χ2n) is 7.23. The summed E-state index contributed by atoms with van der Waals surface area (Å²) in [7, 11) is 0. The van der Waals surface area contributed by atoms with Crippen molar-refractivity contribution in [2.75, 3.05) is 29.1 Å². The Bertz CT molecular complexity index is 1050. The van der Waals surface area contributed by atoms with Crippen molar-refractivity contribution >= 4 is 34.8 Å². The predicted molar refractivity (Wildman–Crippen MR) is 131 cm³/mol. The van der Waals surface area contributed by atoms with Crippen LogP contribution in [0.4, 0.5) is 11.4 Å². The number of hydrogen-bond acceptors (Lipinski definition) is 4. The number of hydrogen-bond donors (Lipinski definition) is 1. The van der Waals surface area contributed by atoms with Crippen LogP contribution in [0.25, 0.3) is 0 Å². The van der Waals surface area contributed by atoms with Gasteiger partial charge in [-0.05, 0) is 62.7 Å². The first kappa shape index (κ1) is 22.6. The highest BCUT2D eigenvalue weighted by Crippen LogP contribution is 2.24. The first-order valence-electron chi connectivity index (χ1n) is 10.5. The Labute approximate surface area is 188 Å². The zero-order valence-electron chi connectivity index (χ0n) is 18.2. The Morgan fingerprint density at radius 1 is 0.871 bits per heavy atom. The number of Topliss-reactive ketones (excluding diaryl/α,β-unsaturated/α-hetero) is 1. The van der Waals surface area contributed by atoms with E-state index in [9.17, 15) is 9.59 Å². The van der Waals surface area contributed by atoms with Gasteiger partial charge in [-0.1, -0.05) is 36.4 Å². The van der Waals surface area contributed by atoms with Gasteiger partial charge in [0.1, 0.15) is 0 Å². The zero-order chi connectivity index (χ0) is 22.2. The maximum absolute atomic E-state index is 12.8. The van der Waals surface area contributed by atoms with Crippen LogP contribution in [0.5, 0.6) is 0 Å². The van der Waals surface area contributed by atoms with Gasteiger partial charge in [-0.15, -0.1) is 11.8 Å². The molecule has 0 fully saturated rings. The molecule has 0 aromatic heterocycles. The van der Waals surface area contributed by atoms with Crippen LogP contribution in [0.15, 0.2) is 77.7 Å². The number of amides is 1. The van der Waals surface area contributed by atoms with Crippen LogP contribution in [-0.2, 0) is 0 Å². The van der Waals surface area contributed by atoms with E-state index < -0.39 is 0 Å². The number of aryl methyl sites for hydroxylation is 1. The van der Waals surface area contributed by atoms with E-state index in [4.69, 9.17) is 0 Å². The molecule has 160 valence electrons. The van der Waals surface area contributed by atoms with Gasteiger partial charge in [-0.2, -0.15) is 0 Å². The van der Waals surface area contributed by atoms with Crippen LogP contribution in [0, 0.1) is 6.92 Å². The molecule has 3 aromatic carbocycles. The molecule has 0 heterocycles. The summed E-state index contributed by atoms with van der Waals surface area (Å²) >= 11 is 1.44. The molecule has 0 aliphatic carbocycles. The lowest BCUT2D eigenvalue weighted by molar-refractivity contribution is 0.101. The van der Waals surface area contributed by atoms with Gasteiger partial charge in [-0.25, -0.2) is 0 Å². The van der Waals surface area contributed by atoms with E-state index in [2.05, 4.69) is 30.1 Å². The Morgan fingerprint density at radius 2 is 1.58 bits per heavy atom. The minimum atomic E-state index is -0.157. The van der Waals surface area contributed by atoms with Crippen LogP contribution in [0.2, 0.25) is 0 Å². The fourth-order valence-corrected chi connectivity index (χ4v) is 4.20. The topological polar surface area (TPSA) is 49.4 Å². The zero-order valence-corrected chi connectivity index (χ0v) is 19.0. The van der Waals surface area contributed by atoms with Gasteiger partial charge in [0.25, 0.3) is 5.91 Å². The quantitative estimate of drug-likeness (QED) is 0.329. The molecule has 0 aliphatic rings. The summed E-state index contributed by atoms with van der Waals surface area (Å²) in [5.74, 6) is 0.251. The Morgan fingerprint density at radius 3 is 2.26 bits per heavy atom. The predicted octanol–water partition coefficient (Wildman–Crippen LogP) is 6.07. The molecule has 0 saturated carbocycles. The average Bonchev–Trinajstić information content (AvgIpc) is 2.80. The van der Waals surface area contributed by atoms with Gasteiger partial charge in [0.05, 0.1) is 5.75 Å². The summed E-state index contributed by atoms with van der Waals surface area (Å²) in [6.45, 7) is 8.15. The molecule has 0 aliphatic heterocycles. The molecular weight excluding hydrogens is 404 g/mol. The molecule has 3 aromatic rings. The maximum atomic E-state index is 12.8. The minimum absolute atomic E-state index is 0.0735. The number of carbonyl (C=O) groups excluding carboxylic acids is 2. The number of ketones is 1. The number of anilines is 2. The Hall–Kier alpha value is -3.05. The Balaban J connectivity index is 1.65. The van der Waals surface area contributed by atoms with Gasteiger partial charge >= 0.3 is 0 Å². The molecule has 3 rings (SSSR count). The van der Waals surface area contributed by atoms with E-state index in [1.807, 2.05) is 67.6 Å². The molecule has 0 spiro atoms. The third kappa shape index (κ3) is 5.98. The molecule has 0 unspecified atom stereocenters. The van der Waals surface area contributed by atoms with Gasteiger partial charge in [0.2, 0.25) is 0 Å². The summed E-state index contributed by atoms with van der Waals surface area (Å²) in [5, 5.41) is 3.01. The van der Waals surface area contributed by atoms with E-state index in [1.165, 1.54) is 11.8 Å². The minimum Gasteiger partial charge on any atom is -0.372 e. The lowest BCUT2D eigenvalue weighted by Gasteiger charge is -2.22. The SMILES string of the molecule is CCN(CC)c1ccc(NC(=O)c2cccc(SCC(=O)c3ccccc3)c2)c(C)c1. The van der Waals surface area contributed by atoms with Gasteiger partial charge < -0.3 is 10.2 Å². The fourth-order valence-electron chi connectivity index (χ4n) is 3.35. The molecule has 0 radical (unpaired) electrons. The number of nitrogens with one attached hydrogen (secondary N) is 1. The average molecular weight is 433 g/mol. The van der Waals surface area contributed by atoms with Gasteiger partial charge in [0.15, 0.2) is 5.78 Å². The van der Waals surface area contributed by atoms with Crippen molar-refractivity contribution in [1.29, 1.82) is 0 Å². The molecule has 1 amide bonds. The molecular formula is C26H28N2O2S. The van der Waals surface area contributed by atoms with Crippen LogP contribution < -0.4 is 10.2 Å². The van der Waals surface area contributed by atoms with E-state index in [1.54, 1.807) is 6.07 Å². The summed E-state index contributed by atoms with van der Waals surface area (Å²) in [4.78, 5) is 28.3. The molecule has 0 saturated heterocycles. The molecule has 31 heavy (non-hydrogen) atoms. The van der Waals surface area contributed by atoms with Crippen molar-refractivity contribution in [2.45, 2.75) is 25.7 Å². The lowest BCUT2D eigenvalue weighted by atomic mass is 10.1. The third-order valence-electron chi connectivity index (χ3n) is 5.15. The third-order valence-corrected chi connectivity index (χ3v) is 6.14. The normalized spacial score (nSPS) is 10.5. The van der Waals surface area contributed by atoms with Crippen LogP contribution in [-0.4, -0.2) is 30.5 Å². The second-order valence-corrected chi connectivity index (χ2v) is 8.28. The molecule has 0 bridgehead atoms. The smallest absolute Gasteiger partial charge is 0.255 e. The van der Waals surface area contributed by atoms with Crippen LogP contribution in [0.3, 0.4) is 0 Å². The standard InChI is InChI=1S/C26H28N2O2S/c1-4-28(5-2)22-14-15-24(19(3)16-22)27-26(30)21-12-9-13-23(17-21)31-18-25(29)20-10-7-6-8-11-20/h6-17H,4-5,18H2,1-3H3,(H,27,30). The number of carbonyl (C=O) groups is 2. The highest BCUT2D eigenvalue weighted by Gasteiger charge is 2.12. The van der Waals surface area contributed by atoms with Crippen molar-refractivity contribution in [3.05, 3.63) is 89.5 Å². The Kier molecular flexibility index (Phi) is 7.90. The monoisotopic (exact) mass is 432 g/mol. The highest BCUT2D eigenvalue weighted by atomic mass is 32.2. The van der Waals surface area contributed by atoms with Crippen molar-refractivity contribution < 1.29 is 9.59 Å². The van der Waals surface area contributed by atoms with Crippen LogP contribution >= 0.6 is 11.8 Å². The first-order chi connectivity index (χ1) is 15.0. The van der Waals surface area contributed by atoms with Crippen molar-refractivity contribution in [3.63, 3.8) is 0 Å². The number of benzene rings is 3. The summed E-state index contributed by atoms with van der Waals surface area (Å²) in [6.07, 6.45) is 0. The van der Waals surface area contributed by atoms with Gasteiger partial charge in [0, 0.05) is 40.5 Å². The molecule has 1 N–H and O–H groups in total. The van der Waals surface area contributed by atoms with Gasteiger partial charge in [-0.3, -0.25) is 9.59 Å². The van der Waals surface area contributed by atoms with Crippen molar-refractivity contribution in [1.82, 2.24) is 0 Å². The summed E-state index contributed by atoms with van der Waals surface area (Å²) < 4.78 is 0. The maximum Gasteiger partial charge on any atom is 0.255 e. The number of nitrogens with zero attached hydrogens (tertiary/aromatic N) is 1. The summed E-state index contributed by atoms with van der Waals surface area (Å²) in [5.41, 5.74) is 4.26. The van der Waals surface area contributed by atoms with E-state index in [0.717, 1.165) is 34.9 Å². The van der Waals surface area contributed by atoms with Crippen molar-refractivity contribution in [3.8, 4) is 0 Å². The van der Waals surface area contributed by atoms with E-state index in [0.29, 0.717) is 16.9 Å². The largest absolute Gasteiger partial charge is 0.372 e. The van der Waals surface area contributed by atoms with E-state index >= 15 is 0 Å². The first-order valence-corrected chi connectivity index (χ1v) is 11.5. The van der Waals surface area contributed by atoms with Crippen LogP contribution in [0.1, 0.15) is 40.1 Å². The van der Waals surface area contributed by atoms with E-state index in [-0.39, 0.29) is 11.7 Å². The highest BCUT2D eigenvalue weighted by molar-refractivity contribution is 8.00. The fraction of sp³-hybridized carbons (Fsp3) is 0.231.